The van der Waals surface area contributed by atoms with Gasteiger partial charge in [0.15, 0.2) is 0 Å². The Kier molecular flexibility index (Phi) is 4.80. The van der Waals surface area contributed by atoms with Crippen molar-refractivity contribution in [2.45, 2.75) is 25.6 Å². The lowest BCUT2D eigenvalue weighted by atomic mass is 9.99. The highest BCUT2D eigenvalue weighted by atomic mass is 19.4. The van der Waals surface area contributed by atoms with Crippen LogP contribution in [0.3, 0.4) is 0 Å². The smallest absolute Gasteiger partial charge is 0.416 e. The Hall–Kier alpha value is -2.90. The highest BCUT2D eigenvalue weighted by molar-refractivity contribution is 5.77. The van der Waals surface area contributed by atoms with Crippen LogP contribution in [-0.2, 0) is 11.0 Å². The molecule has 8 heteroatoms. The summed E-state index contributed by atoms with van der Waals surface area (Å²) in [6.45, 7) is 3.20. The molecule has 0 amide bonds. The summed E-state index contributed by atoms with van der Waals surface area (Å²) in [5.74, 6) is -0.956. The van der Waals surface area contributed by atoms with E-state index in [9.17, 15) is 18.0 Å². The molecule has 1 saturated heterocycles. The molecule has 0 radical (unpaired) electrons. The van der Waals surface area contributed by atoms with Crippen molar-refractivity contribution in [1.82, 2.24) is 0 Å². The Labute approximate surface area is 166 Å². The molecule has 1 N–H and O–H groups in total. The lowest BCUT2D eigenvalue weighted by Crippen LogP contribution is -2.50. The van der Waals surface area contributed by atoms with Gasteiger partial charge in [0.2, 0.25) is 0 Å². The van der Waals surface area contributed by atoms with Gasteiger partial charge in [0.25, 0.3) is 0 Å². The molecule has 5 nitrogen and oxygen atoms in total. The maximum absolute atomic E-state index is 13.1. The number of nitrogens with zero attached hydrogens (tertiary/aromatic N) is 2. The standard InChI is InChI=1S/C21H21F3N2O3/c1-2-15-12-29-19-8-14(21(22,23)24)6-7-18(19)26(15)17-5-3-4-16(9-17)25-10-13(11-25)20(27)28/h3-9,13,15H,2,10-12H2,1H3,(H,27,28). The average molecular weight is 406 g/mol. The van der Waals surface area contributed by atoms with E-state index in [2.05, 4.69) is 0 Å². The molecule has 2 aliphatic rings. The van der Waals surface area contributed by atoms with E-state index in [1.54, 1.807) is 0 Å². The normalized spacial score (nSPS) is 19.4. The number of aliphatic carboxylic acids is 1. The molecule has 0 saturated carbocycles. The summed E-state index contributed by atoms with van der Waals surface area (Å²) in [6.07, 6.45) is -3.67. The van der Waals surface area contributed by atoms with Crippen LogP contribution in [0.5, 0.6) is 5.75 Å². The van der Waals surface area contributed by atoms with Crippen LogP contribution < -0.4 is 14.5 Å². The fraction of sp³-hybridized carbons (Fsp3) is 0.381. The first-order valence-electron chi connectivity index (χ1n) is 9.49. The number of hydrogen-bond donors (Lipinski definition) is 1. The van der Waals surface area contributed by atoms with Crippen LogP contribution in [0, 0.1) is 5.92 Å². The van der Waals surface area contributed by atoms with Crippen molar-refractivity contribution < 1.29 is 27.8 Å². The minimum absolute atomic E-state index is 0.0161. The minimum atomic E-state index is -4.43. The molecular formula is C21H21F3N2O3. The van der Waals surface area contributed by atoms with E-state index < -0.39 is 17.7 Å². The van der Waals surface area contributed by atoms with Gasteiger partial charge >= 0.3 is 12.1 Å². The second kappa shape index (κ2) is 7.17. The third-order valence-electron chi connectivity index (χ3n) is 5.52. The zero-order valence-corrected chi connectivity index (χ0v) is 15.8. The quantitative estimate of drug-likeness (QED) is 0.808. The largest absolute Gasteiger partial charge is 0.489 e. The average Bonchev–Trinajstić information content (AvgIpc) is 2.64. The lowest BCUT2D eigenvalue weighted by molar-refractivity contribution is -0.142. The van der Waals surface area contributed by atoms with Gasteiger partial charge in [-0.2, -0.15) is 13.2 Å². The molecule has 2 heterocycles. The number of hydrogen-bond acceptors (Lipinski definition) is 4. The number of benzene rings is 2. The van der Waals surface area contributed by atoms with E-state index in [1.807, 2.05) is 41.0 Å². The molecule has 0 spiro atoms. The van der Waals surface area contributed by atoms with Gasteiger partial charge in [0.05, 0.1) is 23.2 Å². The molecule has 0 bridgehead atoms. The second-order valence-electron chi connectivity index (χ2n) is 7.38. The van der Waals surface area contributed by atoms with E-state index in [0.29, 0.717) is 25.4 Å². The van der Waals surface area contributed by atoms with Crippen molar-refractivity contribution in [3.05, 3.63) is 48.0 Å². The summed E-state index contributed by atoms with van der Waals surface area (Å²) in [6, 6.07) is 11.2. The van der Waals surface area contributed by atoms with Crippen LogP contribution in [-0.4, -0.2) is 36.8 Å². The molecule has 0 aliphatic carbocycles. The number of fused-ring (bicyclic) bond motifs is 1. The zero-order valence-electron chi connectivity index (χ0n) is 15.8. The van der Waals surface area contributed by atoms with Gasteiger partial charge in [-0.15, -0.1) is 0 Å². The van der Waals surface area contributed by atoms with Gasteiger partial charge in [-0.1, -0.05) is 13.0 Å². The van der Waals surface area contributed by atoms with Gasteiger partial charge in [-0.05, 0) is 42.8 Å². The predicted molar refractivity (Wildman–Crippen MR) is 103 cm³/mol. The maximum atomic E-state index is 13.1. The molecule has 29 heavy (non-hydrogen) atoms. The van der Waals surface area contributed by atoms with Crippen LogP contribution in [0.25, 0.3) is 0 Å². The number of carbonyl (C=O) groups is 1. The number of alkyl halides is 3. The van der Waals surface area contributed by atoms with Crippen LogP contribution in [0.1, 0.15) is 18.9 Å². The molecule has 1 atom stereocenters. The number of carboxylic acids is 1. The number of anilines is 3. The first kappa shape index (κ1) is 19.4. The van der Waals surface area contributed by atoms with Gasteiger partial charge in [-0.25, -0.2) is 0 Å². The molecule has 4 rings (SSSR count). The van der Waals surface area contributed by atoms with E-state index in [-0.39, 0.29) is 17.7 Å². The third-order valence-corrected chi connectivity index (χ3v) is 5.52. The van der Waals surface area contributed by atoms with Crippen molar-refractivity contribution >= 4 is 23.0 Å². The highest BCUT2D eigenvalue weighted by Crippen LogP contribution is 2.44. The first-order chi connectivity index (χ1) is 13.8. The van der Waals surface area contributed by atoms with E-state index in [4.69, 9.17) is 9.84 Å². The summed E-state index contributed by atoms with van der Waals surface area (Å²) in [5, 5.41) is 9.08. The minimum Gasteiger partial charge on any atom is -0.489 e. The Morgan fingerprint density at radius 3 is 2.55 bits per heavy atom. The molecule has 1 unspecified atom stereocenters. The van der Waals surface area contributed by atoms with Gasteiger partial charge in [0, 0.05) is 24.5 Å². The molecular weight excluding hydrogens is 385 g/mol. The lowest BCUT2D eigenvalue weighted by Gasteiger charge is -2.41. The fourth-order valence-corrected chi connectivity index (χ4v) is 3.80. The Balaban J connectivity index is 1.67. The van der Waals surface area contributed by atoms with Crippen molar-refractivity contribution in [3.8, 4) is 5.75 Å². The summed E-state index contributed by atoms with van der Waals surface area (Å²) >= 11 is 0. The maximum Gasteiger partial charge on any atom is 0.416 e. The van der Waals surface area contributed by atoms with Gasteiger partial charge in [0.1, 0.15) is 12.4 Å². The number of ether oxygens (including phenoxy) is 1. The Morgan fingerprint density at radius 2 is 1.90 bits per heavy atom. The molecule has 2 aromatic carbocycles. The van der Waals surface area contributed by atoms with Crippen molar-refractivity contribution in [1.29, 1.82) is 0 Å². The van der Waals surface area contributed by atoms with Crippen LogP contribution >= 0.6 is 0 Å². The van der Waals surface area contributed by atoms with E-state index in [0.717, 1.165) is 29.9 Å². The molecule has 2 aliphatic heterocycles. The monoisotopic (exact) mass is 406 g/mol. The predicted octanol–water partition coefficient (Wildman–Crippen LogP) is 4.54. The molecule has 2 aromatic rings. The van der Waals surface area contributed by atoms with Crippen molar-refractivity contribution in [2.75, 3.05) is 29.5 Å². The molecule has 154 valence electrons. The summed E-state index contributed by atoms with van der Waals surface area (Å²) < 4.78 is 44.9. The van der Waals surface area contributed by atoms with E-state index in [1.165, 1.54) is 6.07 Å². The first-order valence-corrected chi connectivity index (χ1v) is 9.49. The molecule has 0 aromatic heterocycles. The topological polar surface area (TPSA) is 53.0 Å². The summed E-state index contributed by atoms with van der Waals surface area (Å²) in [4.78, 5) is 15.1. The summed E-state index contributed by atoms with van der Waals surface area (Å²) in [7, 11) is 0. The SMILES string of the molecule is CCC1COc2cc(C(F)(F)F)ccc2N1c1cccc(N2CC(C(=O)O)C2)c1. The van der Waals surface area contributed by atoms with Gasteiger partial charge < -0.3 is 19.6 Å². The highest BCUT2D eigenvalue weighted by Gasteiger charge is 2.35. The van der Waals surface area contributed by atoms with Crippen LogP contribution in [0.4, 0.5) is 30.2 Å². The second-order valence-corrected chi connectivity index (χ2v) is 7.38. The number of carboxylic acid groups (broad SMARTS) is 1. The number of rotatable bonds is 4. The zero-order chi connectivity index (χ0) is 20.8. The number of halogens is 3. The van der Waals surface area contributed by atoms with Crippen LogP contribution in [0.2, 0.25) is 0 Å². The molecule has 1 fully saturated rings. The van der Waals surface area contributed by atoms with Crippen molar-refractivity contribution in [3.63, 3.8) is 0 Å². The van der Waals surface area contributed by atoms with E-state index >= 15 is 0 Å². The fourth-order valence-electron chi connectivity index (χ4n) is 3.80. The Bertz CT molecular complexity index is 926. The summed E-state index contributed by atoms with van der Waals surface area (Å²) in [5.41, 5.74) is 1.60. The van der Waals surface area contributed by atoms with Crippen LogP contribution in [0.15, 0.2) is 42.5 Å². The third kappa shape index (κ3) is 3.59. The van der Waals surface area contributed by atoms with Gasteiger partial charge in [-0.3, -0.25) is 4.79 Å². The van der Waals surface area contributed by atoms with Crippen molar-refractivity contribution in [2.24, 2.45) is 5.92 Å². The Morgan fingerprint density at radius 1 is 1.17 bits per heavy atom.